The van der Waals surface area contributed by atoms with Crippen LogP contribution in [0.15, 0.2) is 54.6 Å². The van der Waals surface area contributed by atoms with E-state index in [1.807, 2.05) is 47.4 Å². The van der Waals surface area contributed by atoms with E-state index in [1.54, 1.807) is 6.92 Å². The molecule has 4 heteroatoms. The summed E-state index contributed by atoms with van der Waals surface area (Å²) in [6.07, 6.45) is 0. The number of hydrogen-bond donors (Lipinski definition) is 0. The van der Waals surface area contributed by atoms with Crippen LogP contribution in [0, 0.1) is 0 Å². The SMILES string of the molecule is CC(=O)N1CCN(c2ccc(Oc3ccccc3)cc2)CC1. The fourth-order valence-electron chi connectivity index (χ4n) is 2.63. The van der Waals surface area contributed by atoms with Crippen LogP contribution in [0.3, 0.4) is 0 Å². The quantitative estimate of drug-likeness (QED) is 0.872. The molecule has 1 aliphatic heterocycles. The van der Waals surface area contributed by atoms with E-state index in [-0.39, 0.29) is 5.91 Å². The summed E-state index contributed by atoms with van der Waals surface area (Å²) in [6, 6.07) is 17.9. The van der Waals surface area contributed by atoms with Crippen LogP contribution in [0.25, 0.3) is 0 Å². The molecule has 1 amide bonds. The van der Waals surface area contributed by atoms with Crippen molar-refractivity contribution in [1.29, 1.82) is 0 Å². The maximum atomic E-state index is 11.4. The minimum absolute atomic E-state index is 0.159. The number of hydrogen-bond acceptors (Lipinski definition) is 3. The van der Waals surface area contributed by atoms with Gasteiger partial charge in [-0.1, -0.05) is 18.2 Å². The van der Waals surface area contributed by atoms with Gasteiger partial charge in [-0.15, -0.1) is 0 Å². The summed E-state index contributed by atoms with van der Waals surface area (Å²) < 4.78 is 5.80. The number of benzene rings is 2. The number of rotatable bonds is 3. The number of piperazine rings is 1. The molecule has 0 spiro atoms. The third kappa shape index (κ3) is 3.39. The van der Waals surface area contributed by atoms with Crippen LogP contribution in [-0.2, 0) is 4.79 Å². The van der Waals surface area contributed by atoms with E-state index >= 15 is 0 Å². The zero-order chi connectivity index (χ0) is 15.4. The number of carbonyl (C=O) groups excluding carboxylic acids is 1. The first-order valence-electron chi connectivity index (χ1n) is 7.56. The maximum absolute atomic E-state index is 11.4. The molecule has 0 aliphatic carbocycles. The minimum atomic E-state index is 0.159. The molecule has 0 aromatic heterocycles. The highest BCUT2D eigenvalue weighted by Crippen LogP contribution is 2.24. The van der Waals surface area contributed by atoms with E-state index in [0.717, 1.165) is 37.7 Å². The van der Waals surface area contributed by atoms with Gasteiger partial charge in [-0.05, 0) is 36.4 Å². The Bertz CT molecular complexity index is 617. The highest BCUT2D eigenvalue weighted by molar-refractivity contribution is 5.73. The van der Waals surface area contributed by atoms with Crippen molar-refractivity contribution < 1.29 is 9.53 Å². The number of amides is 1. The molecule has 2 aromatic rings. The van der Waals surface area contributed by atoms with Gasteiger partial charge in [0.1, 0.15) is 11.5 Å². The van der Waals surface area contributed by atoms with Crippen molar-refractivity contribution in [2.24, 2.45) is 0 Å². The van der Waals surface area contributed by atoms with Gasteiger partial charge >= 0.3 is 0 Å². The van der Waals surface area contributed by atoms with Crippen molar-refractivity contribution in [3.05, 3.63) is 54.6 Å². The average molecular weight is 296 g/mol. The lowest BCUT2D eigenvalue weighted by atomic mass is 10.2. The van der Waals surface area contributed by atoms with Crippen molar-refractivity contribution in [2.75, 3.05) is 31.1 Å². The zero-order valence-electron chi connectivity index (χ0n) is 12.7. The van der Waals surface area contributed by atoms with Crippen molar-refractivity contribution in [2.45, 2.75) is 6.92 Å². The predicted molar refractivity (Wildman–Crippen MR) is 87.4 cm³/mol. The van der Waals surface area contributed by atoms with Gasteiger partial charge in [0.05, 0.1) is 0 Å². The predicted octanol–water partition coefficient (Wildman–Crippen LogP) is 3.15. The topological polar surface area (TPSA) is 32.8 Å². The third-order valence-electron chi connectivity index (χ3n) is 3.91. The largest absolute Gasteiger partial charge is 0.457 e. The molecule has 3 rings (SSSR count). The molecule has 1 heterocycles. The van der Waals surface area contributed by atoms with E-state index in [0.29, 0.717) is 0 Å². The van der Waals surface area contributed by atoms with E-state index in [4.69, 9.17) is 4.74 Å². The summed E-state index contributed by atoms with van der Waals surface area (Å²) in [5, 5.41) is 0. The molecule has 1 aliphatic rings. The molecule has 0 N–H and O–H groups in total. The Balaban J connectivity index is 1.61. The first-order chi connectivity index (χ1) is 10.7. The Morgan fingerprint density at radius 2 is 1.45 bits per heavy atom. The lowest BCUT2D eigenvalue weighted by Gasteiger charge is -2.35. The average Bonchev–Trinajstić information content (AvgIpc) is 2.57. The molecular formula is C18H20N2O2. The molecule has 0 unspecified atom stereocenters. The molecule has 1 saturated heterocycles. The van der Waals surface area contributed by atoms with Crippen molar-refractivity contribution in [3.63, 3.8) is 0 Å². The number of ether oxygens (including phenoxy) is 1. The van der Waals surface area contributed by atoms with Gasteiger partial charge in [-0.3, -0.25) is 4.79 Å². The molecule has 0 atom stereocenters. The number of para-hydroxylation sites is 1. The summed E-state index contributed by atoms with van der Waals surface area (Å²) >= 11 is 0. The molecule has 22 heavy (non-hydrogen) atoms. The van der Waals surface area contributed by atoms with E-state index in [2.05, 4.69) is 17.0 Å². The van der Waals surface area contributed by atoms with Crippen LogP contribution >= 0.6 is 0 Å². The van der Waals surface area contributed by atoms with E-state index in [9.17, 15) is 4.79 Å². The van der Waals surface area contributed by atoms with Gasteiger partial charge in [-0.25, -0.2) is 0 Å². The fourth-order valence-corrected chi connectivity index (χ4v) is 2.63. The van der Waals surface area contributed by atoms with Crippen molar-refractivity contribution in [3.8, 4) is 11.5 Å². The highest BCUT2D eigenvalue weighted by Gasteiger charge is 2.18. The summed E-state index contributed by atoms with van der Waals surface area (Å²) in [6.45, 7) is 4.96. The van der Waals surface area contributed by atoms with Crippen LogP contribution < -0.4 is 9.64 Å². The number of carbonyl (C=O) groups is 1. The Labute approximate surface area is 130 Å². The molecule has 0 radical (unpaired) electrons. The Hall–Kier alpha value is -2.49. The monoisotopic (exact) mass is 296 g/mol. The lowest BCUT2D eigenvalue weighted by Crippen LogP contribution is -2.48. The molecular weight excluding hydrogens is 276 g/mol. The third-order valence-corrected chi connectivity index (χ3v) is 3.91. The molecule has 0 bridgehead atoms. The lowest BCUT2D eigenvalue weighted by molar-refractivity contribution is -0.129. The van der Waals surface area contributed by atoms with Gasteiger partial charge in [0, 0.05) is 38.8 Å². The van der Waals surface area contributed by atoms with E-state index < -0.39 is 0 Å². The fraction of sp³-hybridized carbons (Fsp3) is 0.278. The van der Waals surface area contributed by atoms with Gasteiger partial charge in [-0.2, -0.15) is 0 Å². The van der Waals surface area contributed by atoms with Gasteiger partial charge in [0.2, 0.25) is 5.91 Å². The number of anilines is 1. The van der Waals surface area contributed by atoms with Crippen LogP contribution in [-0.4, -0.2) is 37.0 Å². The molecule has 114 valence electrons. The second-order valence-electron chi connectivity index (χ2n) is 5.40. The molecule has 2 aromatic carbocycles. The summed E-state index contributed by atoms with van der Waals surface area (Å²) in [7, 11) is 0. The second-order valence-corrected chi connectivity index (χ2v) is 5.40. The number of nitrogens with zero attached hydrogens (tertiary/aromatic N) is 2. The zero-order valence-corrected chi connectivity index (χ0v) is 12.7. The summed E-state index contributed by atoms with van der Waals surface area (Å²) in [4.78, 5) is 15.5. The van der Waals surface area contributed by atoms with Crippen LogP contribution in [0.4, 0.5) is 5.69 Å². The van der Waals surface area contributed by atoms with Crippen LogP contribution in [0.2, 0.25) is 0 Å². The molecule has 1 fully saturated rings. The molecule has 0 saturated carbocycles. The van der Waals surface area contributed by atoms with Crippen molar-refractivity contribution in [1.82, 2.24) is 4.90 Å². The van der Waals surface area contributed by atoms with Gasteiger partial charge in [0.25, 0.3) is 0 Å². The first kappa shape index (κ1) is 14.4. The van der Waals surface area contributed by atoms with E-state index in [1.165, 1.54) is 5.69 Å². The van der Waals surface area contributed by atoms with Gasteiger partial charge in [0.15, 0.2) is 0 Å². The van der Waals surface area contributed by atoms with Crippen molar-refractivity contribution >= 4 is 11.6 Å². The van der Waals surface area contributed by atoms with Crippen LogP contribution in [0.5, 0.6) is 11.5 Å². The Morgan fingerprint density at radius 1 is 0.864 bits per heavy atom. The molecule has 4 nitrogen and oxygen atoms in total. The first-order valence-corrected chi connectivity index (χ1v) is 7.56. The van der Waals surface area contributed by atoms with Gasteiger partial charge < -0.3 is 14.5 Å². The standard InChI is InChI=1S/C18H20N2O2/c1-15(21)19-11-13-20(14-12-19)16-7-9-18(10-8-16)22-17-5-3-2-4-6-17/h2-10H,11-14H2,1H3. The normalized spacial score (nSPS) is 14.8. The minimum Gasteiger partial charge on any atom is -0.457 e. The second kappa shape index (κ2) is 6.52. The smallest absolute Gasteiger partial charge is 0.219 e. The highest BCUT2D eigenvalue weighted by atomic mass is 16.5. The summed E-state index contributed by atoms with van der Waals surface area (Å²) in [5.41, 5.74) is 1.17. The summed E-state index contributed by atoms with van der Waals surface area (Å²) in [5.74, 6) is 1.83. The Morgan fingerprint density at radius 3 is 2.05 bits per heavy atom. The maximum Gasteiger partial charge on any atom is 0.219 e. The van der Waals surface area contributed by atoms with Crippen LogP contribution in [0.1, 0.15) is 6.92 Å². The Kier molecular flexibility index (Phi) is 4.28.